The van der Waals surface area contributed by atoms with Gasteiger partial charge in [0.2, 0.25) is 0 Å². The van der Waals surface area contributed by atoms with Crippen LogP contribution in [0.1, 0.15) is 5.56 Å². The van der Waals surface area contributed by atoms with Crippen LogP contribution in [-0.2, 0) is 0 Å². The fourth-order valence-electron chi connectivity index (χ4n) is 4.41. The Kier molecular flexibility index (Phi) is 5.01. The first-order chi connectivity index (χ1) is 16.7. The lowest BCUT2D eigenvalue weighted by Gasteiger charge is -2.11. The third-order valence-corrected chi connectivity index (χ3v) is 6.14. The molecule has 0 radical (unpaired) electrons. The summed E-state index contributed by atoms with van der Waals surface area (Å²) < 4.78 is 8.46. The number of aromatic nitrogens is 3. The number of nitrogens with zero attached hydrogens (tertiary/aromatic N) is 3. The van der Waals surface area contributed by atoms with Gasteiger partial charge in [-0.3, -0.25) is 4.57 Å². The number of hydrogen-bond donors (Lipinski definition) is 0. The Hall–Kier alpha value is -4.15. The minimum absolute atomic E-state index is 0.388. The molecule has 6 aromatic rings. The molecule has 0 fully saturated rings. The van der Waals surface area contributed by atoms with E-state index in [1.165, 1.54) is 5.39 Å². The van der Waals surface area contributed by atoms with Gasteiger partial charge < -0.3 is 4.74 Å². The normalized spacial score (nSPS) is 11.2. The second-order valence-electron chi connectivity index (χ2n) is 8.15. The number of para-hydroxylation sites is 1. The lowest BCUT2D eigenvalue weighted by Crippen LogP contribution is -1.96. The maximum absolute atomic E-state index is 6.37. The van der Waals surface area contributed by atoms with Crippen molar-refractivity contribution in [1.29, 1.82) is 0 Å². The molecule has 164 valence electrons. The largest absolute Gasteiger partial charge is 0.457 e. The third kappa shape index (κ3) is 3.58. The number of hydrogen-bond acceptors (Lipinski definition) is 3. The van der Waals surface area contributed by atoms with Crippen molar-refractivity contribution in [3.05, 3.63) is 114 Å². The van der Waals surface area contributed by atoms with Crippen LogP contribution >= 0.6 is 11.6 Å². The van der Waals surface area contributed by atoms with Crippen molar-refractivity contribution in [1.82, 2.24) is 14.5 Å². The van der Waals surface area contributed by atoms with Crippen LogP contribution in [0.25, 0.3) is 38.9 Å². The standard InChI is InChI=1S/C29H20ClN3O/c1-19-8-2-3-9-22(19)25-16-21(18-28(30)32-25)34-20-13-14-24-23-10-4-5-11-26(23)33(27(24)17-20)29-12-6-7-15-31-29/h2-18H,1H3. The van der Waals surface area contributed by atoms with E-state index in [1.807, 2.05) is 66.9 Å². The molecular formula is C29H20ClN3O. The Labute approximate surface area is 202 Å². The summed E-state index contributed by atoms with van der Waals surface area (Å²) in [5, 5.41) is 2.70. The lowest BCUT2D eigenvalue weighted by molar-refractivity contribution is 0.483. The number of rotatable bonds is 4. The van der Waals surface area contributed by atoms with Gasteiger partial charge in [0, 0.05) is 40.7 Å². The average Bonchev–Trinajstić information content (AvgIpc) is 3.18. The zero-order valence-electron chi connectivity index (χ0n) is 18.4. The fraction of sp³-hybridized carbons (Fsp3) is 0.0345. The number of ether oxygens (including phenoxy) is 1. The molecule has 0 aliphatic carbocycles. The molecule has 34 heavy (non-hydrogen) atoms. The Morgan fingerprint density at radius 3 is 2.38 bits per heavy atom. The molecule has 3 heterocycles. The molecule has 0 unspecified atom stereocenters. The zero-order chi connectivity index (χ0) is 23.1. The summed E-state index contributed by atoms with van der Waals surface area (Å²) in [6.07, 6.45) is 1.81. The minimum Gasteiger partial charge on any atom is -0.457 e. The van der Waals surface area contributed by atoms with Gasteiger partial charge in [-0.25, -0.2) is 9.97 Å². The van der Waals surface area contributed by atoms with Crippen LogP contribution in [0.3, 0.4) is 0 Å². The quantitative estimate of drug-likeness (QED) is 0.250. The van der Waals surface area contributed by atoms with Crippen molar-refractivity contribution in [2.45, 2.75) is 6.92 Å². The molecule has 0 aliphatic rings. The molecule has 0 aliphatic heterocycles. The summed E-state index contributed by atoms with van der Waals surface area (Å²) in [4.78, 5) is 9.11. The highest BCUT2D eigenvalue weighted by molar-refractivity contribution is 6.29. The Balaban J connectivity index is 1.47. The van der Waals surface area contributed by atoms with Crippen molar-refractivity contribution in [3.8, 4) is 28.6 Å². The van der Waals surface area contributed by atoms with Crippen LogP contribution in [-0.4, -0.2) is 14.5 Å². The molecule has 0 atom stereocenters. The van der Waals surface area contributed by atoms with E-state index in [4.69, 9.17) is 16.3 Å². The van der Waals surface area contributed by atoms with Gasteiger partial charge in [0.1, 0.15) is 22.5 Å². The molecule has 0 saturated heterocycles. The number of pyridine rings is 2. The van der Waals surface area contributed by atoms with Crippen molar-refractivity contribution >= 4 is 33.4 Å². The summed E-state index contributed by atoms with van der Waals surface area (Å²) >= 11 is 6.37. The van der Waals surface area contributed by atoms with Crippen LogP contribution in [0.15, 0.2) is 103 Å². The summed E-state index contributed by atoms with van der Waals surface area (Å²) in [7, 11) is 0. The zero-order valence-corrected chi connectivity index (χ0v) is 19.2. The van der Waals surface area contributed by atoms with Crippen molar-refractivity contribution in [2.24, 2.45) is 0 Å². The highest BCUT2D eigenvalue weighted by Crippen LogP contribution is 2.36. The molecule has 3 aromatic carbocycles. The molecule has 0 N–H and O–H groups in total. The van der Waals surface area contributed by atoms with Crippen LogP contribution in [0.4, 0.5) is 0 Å². The second kappa shape index (κ2) is 8.32. The second-order valence-corrected chi connectivity index (χ2v) is 8.53. The van der Waals surface area contributed by atoms with Crippen molar-refractivity contribution < 1.29 is 4.74 Å². The molecule has 6 rings (SSSR count). The van der Waals surface area contributed by atoms with E-state index in [2.05, 4.69) is 51.8 Å². The smallest absolute Gasteiger partial charge is 0.137 e. The molecule has 0 saturated carbocycles. The summed E-state index contributed by atoms with van der Waals surface area (Å²) in [6, 6.07) is 32.2. The topological polar surface area (TPSA) is 39.9 Å². The first-order valence-electron chi connectivity index (χ1n) is 11.0. The first-order valence-corrected chi connectivity index (χ1v) is 11.4. The molecule has 0 amide bonds. The fourth-order valence-corrected chi connectivity index (χ4v) is 4.61. The van der Waals surface area contributed by atoms with Gasteiger partial charge in [-0.1, -0.05) is 60.1 Å². The number of benzene rings is 3. The Morgan fingerprint density at radius 2 is 1.53 bits per heavy atom. The lowest BCUT2D eigenvalue weighted by atomic mass is 10.1. The van der Waals surface area contributed by atoms with E-state index >= 15 is 0 Å². The SMILES string of the molecule is Cc1ccccc1-c1cc(Oc2ccc3c4ccccc4n(-c4ccccn4)c3c2)cc(Cl)n1. The Morgan fingerprint density at radius 1 is 0.735 bits per heavy atom. The van der Waals surface area contributed by atoms with Gasteiger partial charge in [0.05, 0.1) is 16.7 Å². The van der Waals surface area contributed by atoms with Crippen molar-refractivity contribution in [3.63, 3.8) is 0 Å². The molecule has 0 bridgehead atoms. The molecule has 5 heteroatoms. The van der Waals surface area contributed by atoms with Crippen LogP contribution < -0.4 is 4.74 Å². The van der Waals surface area contributed by atoms with Gasteiger partial charge in [0.25, 0.3) is 0 Å². The molecule has 0 spiro atoms. The van der Waals surface area contributed by atoms with Gasteiger partial charge >= 0.3 is 0 Å². The predicted molar refractivity (Wildman–Crippen MR) is 138 cm³/mol. The summed E-state index contributed by atoms with van der Waals surface area (Å²) in [6.45, 7) is 2.06. The predicted octanol–water partition coefficient (Wildman–Crippen LogP) is 7.99. The van der Waals surface area contributed by atoms with Crippen molar-refractivity contribution in [2.75, 3.05) is 0 Å². The minimum atomic E-state index is 0.388. The third-order valence-electron chi connectivity index (χ3n) is 5.95. The maximum Gasteiger partial charge on any atom is 0.137 e. The first kappa shape index (κ1) is 20.5. The number of halogens is 1. The van der Waals surface area contributed by atoms with Crippen LogP contribution in [0.2, 0.25) is 5.15 Å². The van der Waals surface area contributed by atoms with Crippen LogP contribution in [0, 0.1) is 6.92 Å². The Bertz CT molecular complexity index is 1660. The van der Waals surface area contributed by atoms with E-state index in [0.717, 1.165) is 39.1 Å². The van der Waals surface area contributed by atoms with E-state index < -0.39 is 0 Å². The highest BCUT2D eigenvalue weighted by Gasteiger charge is 2.14. The van der Waals surface area contributed by atoms with Gasteiger partial charge in [-0.15, -0.1) is 0 Å². The average molecular weight is 462 g/mol. The van der Waals surface area contributed by atoms with E-state index in [9.17, 15) is 0 Å². The number of aryl methyl sites for hydroxylation is 1. The monoisotopic (exact) mass is 461 g/mol. The number of fused-ring (bicyclic) bond motifs is 3. The summed E-state index contributed by atoms with van der Waals surface area (Å²) in [5.41, 5.74) is 5.06. The molecule has 3 aromatic heterocycles. The summed E-state index contributed by atoms with van der Waals surface area (Å²) in [5.74, 6) is 2.21. The van der Waals surface area contributed by atoms with E-state index in [-0.39, 0.29) is 0 Å². The van der Waals surface area contributed by atoms with Gasteiger partial charge in [0.15, 0.2) is 0 Å². The van der Waals surface area contributed by atoms with Gasteiger partial charge in [-0.05, 0) is 42.8 Å². The van der Waals surface area contributed by atoms with Crippen LogP contribution in [0.5, 0.6) is 11.5 Å². The molecule has 4 nitrogen and oxygen atoms in total. The molecular weight excluding hydrogens is 442 g/mol. The van der Waals surface area contributed by atoms with E-state index in [1.54, 1.807) is 6.07 Å². The van der Waals surface area contributed by atoms with Gasteiger partial charge in [-0.2, -0.15) is 0 Å². The van der Waals surface area contributed by atoms with E-state index in [0.29, 0.717) is 16.7 Å². The maximum atomic E-state index is 6.37. The highest BCUT2D eigenvalue weighted by atomic mass is 35.5.